The van der Waals surface area contributed by atoms with Gasteiger partial charge in [0.15, 0.2) is 5.84 Å². The summed E-state index contributed by atoms with van der Waals surface area (Å²) in [5, 5.41) is 15.2. The third-order valence-corrected chi connectivity index (χ3v) is 2.77. The highest BCUT2D eigenvalue weighted by atomic mass is 16.4. The topological polar surface area (TPSA) is 70.6 Å². The number of nitrogens with two attached hydrogens (primary N) is 1. The van der Waals surface area contributed by atoms with Gasteiger partial charge >= 0.3 is 0 Å². The summed E-state index contributed by atoms with van der Waals surface area (Å²) in [5.41, 5.74) is 7.80. The van der Waals surface area contributed by atoms with Crippen molar-refractivity contribution in [2.45, 2.75) is 33.7 Å². The van der Waals surface area contributed by atoms with Gasteiger partial charge in [-0.2, -0.15) is 0 Å². The van der Waals surface area contributed by atoms with Crippen LogP contribution in [0.2, 0.25) is 0 Å². The van der Waals surface area contributed by atoms with Crippen molar-refractivity contribution in [3.05, 3.63) is 35.4 Å². The molecule has 0 unspecified atom stereocenters. The third-order valence-electron chi connectivity index (χ3n) is 2.77. The molecule has 0 aliphatic carbocycles. The fourth-order valence-corrected chi connectivity index (χ4v) is 1.66. The predicted octanol–water partition coefficient (Wildman–Crippen LogP) is 2.31. The van der Waals surface area contributed by atoms with Crippen LogP contribution in [0.1, 0.15) is 38.3 Å². The first-order valence-electron chi connectivity index (χ1n) is 6.20. The smallest absolute Gasteiger partial charge is 0.170 e. The number of hydrogen-bond acceptors (Lipinski definition) is 3. The van der Waals surface area contributed by atoms with Gasteiger partial charge in [-0.05, 0) is 23.9 Å². The summed E-state index contributed by atoms with van der Waals surface area (Å²) < 4.78 is 0. The summed E-state index contributed by atoms with van der Waals surface area (Å²) in [5.74, 6) is 0.156. The van der Waals surface area contributed by atoms with E-state index < -0.39 is 0 Å². The van der Waals surface area contributed by atoms with E-state index in [-0.39, 0.29) is 5.84 Å². The second kappa shape index (κ2) is 6.40. The fraction of sp³-hybridized carbons (Fsp3) is 0.500. The van der Waals surface area contributed by atoms with Crippen molar-refractivity contribution in [1.29, 1.82) is 0 Å². The van der Waals surface area contributed by atoms with Gasteiger partial charge in [0.05, 0.1) is 0 Å². The highest BCUT2D eigenvalue weighted by Crippen LogP contribution is 2.17. The Kier molecular flexibility index (Phi) is 5.16. The number of hydrogen-bond donors (Lipinski definition) is 3. The number of nitrogens with zero attached hydrogens (tertiary/aromatic N) is 1. The van der Waals surface area contributed by atoms with Gasteiger partial charge in [-0.25, -0.2) is 0 Å². The van der Waals surface area contributed by atoms with Gasteiger partial charge < -0.3 is 16.3 Å². The summed E-state index contributed by atoms with van der Waals surface area (Å²) in [6, 6.07) is 7.67. The Balaban J connectivity index is 2.57. The maximum Gasteiger partial charge on any atom is 0.170 e. The zero-order chi connectivity index (χ0) is 13.6. The van der Waals surface area contributed by atoms with Gasteiger partial charge in [-0.15, -0.1) is 0 Å². The monoisotopic (exact) mass is 249 g/mol. The molecule has 1 aromatic rings. The molecule has 0 aromatic heterocycles. The lowest BCUT2D eigenvalue weighted by Crippen LogP contribution is -2.23. The molecule has 0 heterocycles. The lowest BCUT2D eigenvalue weighted by Gasteiger charge is -2.18. The zero-order valence-electron chi connectivity index (χ0n) is 11.4. The van der Waals surface area contributed by atoms with Crippen LogP contribution >= 0.6 is 0 Å². The van der Waals surface area contributed by atoms with E-state index in [1.165, 1.54) is 0 Å². The largest absolute Gasteiger partial charge is 0.409 e. The number of rotatable bonds is 5. The second-order valence-electron chi connectivity index (χ2n) is 5.63. The molecule has 0 radical (unpaired) electrons. The van der Waals surface area contributed by atoms with Crippen LogP contribution < -0.4 is 11.1 Å². The van der Waals surface area contributed by atoms with Crippen molar-refractivity contribution < 1.29 is 5.21 Å². The molecule has 4 N–H and O–H groups in total. The first-order chi connectivity index (χ1) is 8.44. The van der Waals surface area contributed by atoms with E-state index in [2.05, 4.69) is 31.2 Å². The molecule has 18 heavy (non-hydrogen) atoms. The van der Waals surface area contributed by atoms with Gasteiger partial charge in [0.1, 0.15) is 0 Å². The lowest BCUT2D eigenvalue weighted by atomic mass is 9.92. The van der Waals surface area contributed by atoms with Gasteiger partial charge in [0.25, 0.3) is 0 Å². The molecule has 4 heteroatoms. The molecule has 0 aliphatic rings. The molecule has 4 nitrogen and oxygen atoms in total. The van der Waals surface area contributed by atoms with Gasteiger partial charge in [-0.1, -0.05) is 50.2 Å². The van der Waals surface area contributed by atoms with E-state index in [1.807, 2.05) is 24.3 Å². The minimum Gasteiger partial charge on any atom is -0.409 e. The van der Waals surface area contributed by atoms with Crippen molar-refractivity contribution in [3.63, 3.8) is 0 Å². The predicted molar refractivity (Wildman–Crippen MR) is 74.7 cm³/mol. The highest BCUT2D eigenvalue weighted by Gasteiger charge is 2.10. The SMILES string of the molecule is CC(C)(C)CCNCc1ccccc1/C(N)=N/O. The van der Waals surface area contributed by atoms with Crippen molar-refractivity contribution in [2.75, 3.05) is 6.54 Å². The minimum atomic E-state index is 0.156. The summed E-state index contributed by atoms with van der Waals surface area (Å²) in [4.78, 5) is 0. The molecule has 0 spiro atoms. The van der Waals surface area contributed by atoms with E-state index in [1.54, 1.807) is 0 Å². The Morgan fingerprint density at radius 2 is 2.00 bits per heavy atom. The molecule has 0 aliphatic heterocycles. The molecular formula is C14H23N3O. The van der Waals surface area contributed by atoms with Crippen LogP contribution in [0, 0.1) is 5.41 Å². The van der Waals surface area contributed by atoms with Crippen molar-refractivity contribution in [1.82, 2.24) is 5.32 Å². The maximum atomic E-state index is 8.73. The Bertz CT molecular complexity index is 408. The molecule has 0 saturated carbocycles. The van der Waals surface area contributed by atoms with Gasteiger partial charge in [0, 0.05) is 12.1 Å². The van der Waals surface area contributed by atoms with E-state index >= 15 is 0 Å². The molecule has 1 rings (SSSR count). The Morgan fingerprint density at radius 1 is 1.33 bits per heavy atom. The fourth-order valence-electron chi connectivity index (χ4n) is 1.66. The average molecular weight is 249 g/mol. The first kappa shape index (κ1) is 14.5. The van der Waals surface area contributed by atoms with E-state index in [9.17, 15) is 0 Å². The van der Waals surface area contributed by atoms with Gasteiger partial charge in [0.2, 0.25) is 0 Å². The van der Waals surface area contributed by atoms with Crippen LogP contribution in [-0.4, -0.2) is 17.6 Å². The molecular weight excluding hydrogens is 226 g/mol. The minimum absolute atomic E-state index is 0.156. The molecule has 0 bridgehead atoms. The van der Waals surface area contributed by atoms with Crippen LogP contribution in [0.5, 0.6) is 0 Å². The molecule has 0 fully saturated rings. The van der Waals surface area contributed by atoms with Crippen LogP contribution in [0.25, 0.3) is 0 Å². The van der Waals surface area contributed by atoms with Crippen LogP contribution in [0.3, 0.4) is 0 Å². The molecule has 1 aromatic carbocycles. The highest BCUT2D eigenvalue weighted by molar-refractivity contribution is 5.98. The summed E-state index contributed by atoms with van der Waals surface area (Å²) in [6.45, 7) is 8.34. The number of benzene rings is 1. The number of amidine groups is 1. The molecule has 0 atom stereocenters. The van der Waals surface area contributed by atoms with Crippen molar-refractivity contribution in [3.8, 4) is 0 Å². The standard InChI is InChI=1S/C14H23N3O/c1-14(2,3)8-9-16-10-11-6-4-5-7-12(11)13(15)17-18/h4-7,16,18H,8-10H2,1-3H3,(H2,15,17). The van der Waals surface area contributed by atoms with Crippen LogP contribution in [0.15, 0.2) is 29.4 Å². The zero-order valence-corrected chi connectivity index (χ0v) is 11.4. The van der Waals surface area contributed by atoms with Crippen molar-refractivity contribution >= 4 is 5.84 Å². The molecule has 0 amide bonds. The first-order valence-corrected chi connectivity index (χ1v) is 6.20. The Labute approximate surface area is 109 Å². The third kappa shape index (κ3) is 4.75. The summed E-state index contributed by atoms with van der Waals surface area (Å²) in [6.07, 6.45) is 1.11. The Morgan fingerprint density at radius 3 is 2.61 bits per heavy atom. The van der Waals surface area contributed by atoms with Crippen LogP contribution in [-0.2, 0) is 6.54 Å². The molecule has 100 valence electrons. The van der Waals surface area contributed by atoms with Crippen LogP contribution in [0.4, 0.5) is 0 Å². The second-order valence-corrected chi connectivity index (χ2v) is 5.63. The maximum absolute atomic E-state index is 8.73. The van der Waals surface area contributed by atoms with Gasteiger partial charge in [-0.3, -0.25) is 0 Å². The number of oxime groups is 1. The van der Waals surface area contributed by atoms with E-state index in [4.69, 9.17) is 10.9 Å². The van der Waals surface area contributed by atoms with Crippen molar-refractivity contribution in [2.24, 2.45) is 16.3 Å². The lowest BCUT2D eigenvalue weighted by molar-refractivity contribution is 0.318. The normalized spacial score (nSPS) is 12.7. The Hall–Kier alpha value is -1.55. The summed E-state index contributed by atoms with van der Waals surface area (Å²) >= 11 is 0. The quantitative estimate of drug-likeness (QED) is 0.246. The number of nitrogens with one attached hydrogen (secondary N) is 1. The summed E-state index contributed by atoms with van der Waals surface area (Å²) in [7, 11) is 0. The average Bonchev–Trinajstić information content (AvgIpc) is 2.33. The van der Waals surface area contributed by atoms with E-state index in [0.29, 0.717) is 5.41 Å². The molecule has 0 saturated heterocycles. The van der Waals surface area contributed by atoms with E-state index in [0.717, 1.165) is 30.6 Å².